The number of amides is 3. The molecule has 2 aromatic rings. The Morgan fingerprint density at radius 3 is 2.21 bits per heavy atom. The molecule has 0 aliphatic heterocycles. The number of rotatable bonds is 10. The number of hydrogen-bond acceptors (Lipinski definition) is 7. The number of nitrogens with one attached hydrogen (secondary N) is 2. The summed E-state index contributed by atoms with van der Waals surface area (Å²) in [6, 6.07) is 11.2. The molecular weight excluding hydrogens is 490 g/mol. The summed E-state index contributed by atoms with van der Waals surface area (Å²) < 4.78 is 10.0. The van der Waals surface area contributed by atoms with Crippen LogP contribution >= 0.6 is 0 Å². The van der Waals surface area contributed by atoms with Crippen LogP contribution in [0.25, 0.3) is 0 Å². The minimum Gasteiger partial charge on any atom is -0.508 e. The highest BCUT2D eigenvalue weighted by Gasteiger charge is 2.36. The molecule has 3 N–H and O–H groups in total. The molecule has 2 aromatic carbocycles. The van der Waals surface area contributed by atoms with E-state index in [4.69, 9.17) is 4.74 Å². The number of ether oxygens (including phenoxy) is 2. The first kappa shape index (κ1) is 30.1. The number of benzene rings is 2. The number of alkyl carbamates (subject to hydrolysis) is 1. The summed E-state index contributed by atoms with van der Waals surface area (Å²) in [4.78, 5) is 53.1. The fraction of sp³-hybridized carbons (Fsp3) is 0.429. The molecular formula is C28H37N3O7. The molecule has 0 saturated carbocycles. The van der Waals surface area contributed by atoms with Gasteiger partial charge in [0.25, 0.3) is 0 Å². The van der Waals surface area contributed by atoms with Crippen LogP contribution in [0, 0.1) is 6.92 Å². The van der Waals surface area contributed by atoms with Crippen LogP contribution in [0.3, 0.4) is 0 Å². The van der Waals surface area contributed by atoms with E-state index < -0.39 is 41.6 Å². The highest BCUT2D eigenvalue weighted by molar-refractivity contribution is 5.93. The van der Waals surface area contributed by atoms with E-state index >= 15 is 0 Å². The largest absolute Gasteiger partial charge is 0.508 e. The van der Waals surface area contributed by atoms with Gasteiger partial charge in [-0.3, -0.25) is 14.4 Å². The van der Waals surface area contributed by atoms with Crippen LogP contribution in [0.4, 0.5) is 4.79 Å². The zero-order valence-electron chi connectivity index (χ0n) is 22.7. The zero-order chi connectivity index (χ0) is 28.5. The van der Waals surface area contributed by atoms with E-state index in [2.05, 4.69) is 15.4 Å². The number of esters is 1. The molecule has 10 nitrogen and oxygen atoms in total. The normalized spacial score (nSPS) is 12.6. The Bertz CT molecular complexity index is 1130. The van der Waals surface area contributed by atoms with Gasteiger partial charge in [0.2, 0.25) is 11.8 Å². The predicted octanol–water partition coefficient (Wildman–Crippen LogP) is 3.02. The monoisotopic (exact) mass is 527 g/mol. The Labute approximate surface area is 223 Å². The van der Waals surface area contributed by atoms with E-state index in [-0.39, 0.29) is 25.3 Å². The summed E-state index contributed by atoms with van der Waals surface area (Å²) in [6.07, 6.45) is -0.702. The maximum absolute atomic E-state index is 14.0. The molecule has 0 bridgehead atoms. The fourth-order valence-corrected chi connectivity index (χ4v) is 3.86. The molecule has 38 heavy (non-hydrogen) atoms. The molecule has 10 heteroatoms. The Morgan fingerprint density at radius 1 is 1.03 bits per heavy atom. The van der Waals surface area contributed by atoms with Crippen LogP contribution in [-0.4, -0.2) is 65.7 Å². The molecule has 0 aromatic heterocycles. The minimum atomic E-state index is -1.09. The SMILES string of the molecule is CCN(C(=O)C(Cc1ccc(O)cc1)NC(=O)OC(C)(C)C)C(C(=O)NCC(=O)OC)c1ccccc1C. The number of carbonyl (C=O) groups excluding carboxylic acids is 4. The van der Waals surface area contributed by atoms with Crippen molar-refractivity contribution in [1.82, 2.24) is 15.5 Å². The smallest absolute Gasteiger partial charge is 0.408 e. The third kappa shape index (κ3) is 8.79. The number of aryl methyl sites for hydroxylation is 1. The van der Waals surface area contributed by atoms with Gasteiger partial charge in [-0.05, 0) is 63.4 Å². The molecule has 0 saturated heterocycles. The third-order valence-corrected chi connectivity index (χ3v) is 5.67. The molecule has 2 unspecified atom stereocenters. The van der Waals surface area contributed by atoms with E-state index in [1.807, 2.05) is 19.1 Å². The molecule has 0 fully saturated rings. The van der Waals surface area contributed by atoms with Crippen LogP contribution in [-0.2, 0) is 30.3 Å². The highest BCUT2D eigenvalue weighted by atomic mass is 16.6. The summed E-state index contributed by atoms with van der Waals surface area (Å²) in [7, 11) is 1.21. The zero-order valence-corrected chi connectivity index (χ0v) is 22.7. The van der Waals surface area contributed by atoms with Gasteiger partial charge >= 0.3 is 12.1 Å². The van der Waals surface area contributed by atoms with Crippen molar-refractivity contribution in [2.75, 3.05) is 20.2 Å². The van der Waals surface area contributed by atoms with Gasteiger partial charge in [-0.1, -0.05) is 36.4 Å². The Balaban J connectivity index is 2.48. The number of phenols is 1. The average molecular weight is 528 g/mol. The van der Waals surface area contributed by atoms with Gasteiger partial charge in [-0.15, -0.1) is 0 Å². The number of phenolic OH excluding ortho intramolecular Hbond substituents is 1. The standard InChI is InChI=1S/C28H37N3O7/c1-7-31(24(21-11-9-8-10-18(21)2)25(34)29-17-23(33)37-6)26(35)22(30-27(36)38-28(3,4)5)16-19-12-14-20(32)15-13-19/h8-15,22,24,32H,7,16-17H2,1-6H3,(H,29,34)(H,30,36). The summed E-state index contributed by atoms with van der Waals surface area (Å²) in [5, 5.41) is 14.8. The number of hydrogen-bond donors (Lipinski definition) is 3. The minimum absolute atomic E-state index is 0.0637. The Hall–Kier alpha value is -4.08. The quantitative estimate of drug-likeness (QED) is 0.404. The average Bonchev–Trinajstić information content (AvgIpc) is 2.85. The van der Waals surface area contributed by atoms with E-state index in [9.17, 15) is 24.3 Å². The van der Waals surface area contributed by atoms with Gasteiger partial charge < -0.3 is 30.1 Å². The van der Waals surface area contributed by atoms with Crippen molar-refractivity contribution in [3.05, 3.63) is 65.2 Å². The van der Waals surface area contributed by atoms with Gasteiger partial charge in [-0.25, -0.2) is 4.79 Å². The second-order valence-electron chi connectivity index (χ2n) is 9.75. The van der Waals surface area contributed by atoms with Gasteiger partial charge in [0.1, 0.15) is 30.0 Å². The van der Waals surface area contributed by atoms with Crippen molar-refractivity contribution >= 4 is 23.9 Å². The summed E-state index contributed by atoms with van der Waals surface area (Å²) in [5.41, 5.74) is 1.23. The maximum Gasteiger partial charge on any atom is 0.408 e. The van der Waals surface area contributed by atoms with Gasteiger partial charge in [-0.2, -0.15) is 0 Å². The summed E-state index contributed by atoms with van der Waals surface area (Å²) in [5.74, 6) is -1.66. The van der Waals surface area contributed by atoms with Crippen LogP contribution in [0.2, 0.25) is 0 Å². The number of carbonyl (C=O) groups is 4. The molecule has 3 amide bonds. The molecule has 2 rings (SSSR count). The molecule has 0 radical (unpaired) electrons. The predicted molar refractivity (Wildman–Crippen MR) is 141 cm³/mol. The van der Waals surface area contributed by atoms with Gasteiger partial charge in [0.15, 0.2) is 0 Å². The lowest BCUT2D eigenvalue weighted by Gasteiger charge is -2.34. The van der Waals surface area contributed by atoms with Crippen molar-refractivity contribution < 1.29 is 33.8 Å². The van der Waals surface area contributed by atoms with Gasteiger partial charge in [0.05, 0.1) is 7.11 Å². The first-order valence-corrected chi connectivity index (χ1v) is 12.3. The summed E-state index contributed by atoms with van der Waals surface area (Å²) >= 11 is 0. The number of aromatic hydroxyl groups is 1. The first-order valence-electron chi connectivity index (χ1n) is 12.3. The molecule has 206 valence electrons. The van der Waals surface area contributed by atoms with Crippen molar-refractivity contribution in [2.45, 2.75) is 58.7 Å². The van der Waals surface area contributed by atoms with Crippen molar-refractivity contribution in [3.8, 4) is 5.75 Å². The molecule has 0 aliphatic rings. The van der Waals surface area contributed by atoms with E-state index in [1.165, 1.54) is 24.1 Å². The molecule has 2 atom stereocenters. The van der Waals surface area contributed by atoms with Gasteiger partial charge in [0, 0.05) is 13.0 Å². The van der Waals surface area contributed by atoms with Crippen LogP contribution in [0.5, 0.6) is 5.75 Å². The second kappa shape index (κ2) is 13.5. The van der Waals surface area contributed by atoms with Crippen molar-refractivity contribution in [1.29, 1.82) is 0 Å². The Morgan fingerprint density at radius 2 is 1.66 bits per heavy atom. The lowest BCUT2D eigenvalue weighted by molar-refractivity contribution is -0.144. The summed E-state index contributed by atoms with van der Waals surface area (Å²) in [6.45, 7) is 8.44. The van der Waals surface area contributed by atoms with E-state index in [0.717, 1.165) is 5.56 Å². The molecule has 0 aliphatic carbocycles. The molecule has 0 spiro atoms. The maximum atomic E-state index is 14.0. The lowest BCUT2D eigenvalue weighted by Crippen LogP contribution is -2.54. The van der Waals surface area contributed by atoms with Crippen LogP contribution < -0.4 is 10.6 Å². The lowest BCUT2D eigenvalue weighted by atomic mass is 9.97. The number of nitrogens with zero attached hydrogens (tertiary/aromatic N) is 1. The number of likely N-dealkylation sites (N-methyl/N-ethyl adjacent to an activating group) is 1. The molecule has 0 heterocycles. The van der Waals surface area contributed by atoms with E-state index in [0.29, 0.717) is 11.1 Å². The number of methoxy groups -OCH3 is 1. The van der Waals surface area contributed by atoms with Crippen molar-refractivity contribution in [3.63, 3.8) is 0 Å². The van der Waals surface area contributed by atoms with Crippen LogP contribution in [0.1, 0.15) is 50.4 Å². The second-order valence-corrected chi connectivity index (χ2v) is 9.75. The topological polar surface area (TPSA) is 134 Å². The highest BCUT2D eigenvalue weighted by Crippen LogP contribution is 2.26. The van der Waals surface area contributed by atoms with E-state index in [1.54, 1.807) is 52.0 Å². The van der Waals surface area contributed by atoms with Crippen molar-refractivity contribution in [2.24, 2.45) is 0 Å². The first-order chi connectivity index (χ1) is 17.9. The third-order valence-electron chi connectivity index (χ3n) is 5.67. The van der Waals surface area contributed by atoms with Crippen LogP contribution in [0.15, 0.2) is 48.5 Å². The Kier molecular flexibility index (Phi) is 10.7. The fourth-order valence-electron chi connectivity index (χ4n) is 3.86.